The minimum Gasteiger partial charge on any atom is -0.481 e. The summed E-state index contributed by atoms with van der Waals surface area (Å²) in [7, 11) is 0. The predicted molar refractivity (Wildman–Crippen MR) is 69.8 cm³/mol. The van der Waals surface area contributed by atoms with Crippen LogP contribution in [0.4, 0.5) is 4.39 Å². The lowest BCUT2D eigenvalue weighted by Gasteiger charge is -2.26. The Morgan fingerprint density at radius 3 is 2.58 bits per heavy atom. The molecule has 1 amide bonds. The molecule has 4 nitrogen and oxygen atoms in total. The van der Waals surface area contributed by atoms with Gasteiger partial charge in [0.2, 0.25) is 0 Å². The molecular weight excluding hydrogens is 273 g/mol. The fourth-order valence-electron chi connectivity index (χ4n) is 1.63. The van der Waals surface area contributed by atoms with Gasteiger partial charge in [-0.1, -0.05) is 17.7 Å². The van der Waals surface area contributed by atoms with Gasteiger partial charge in [0.05, 0.1) is 17.0 Å². The lowest BCUT2D eigenvalue weighted by atomic mass is 10.1. The molecule has 1 aromatic carbocycles. The Balaban J connectivity index is 2.99. The van der Waals surface area contributed by atoms with Crippen molar-refractivity contribution in [2.75, 3.05) is 6.54 Å². The number of hydrogen-bond acceptors (Lipinski definition) is 2. The molecule has 0 aliphatic rings. The first-order valence-electron chi connectivity index (χ1n) is 5.81. The van der Waals surface area contributed by atoms with Gasteiger partial charge in [-0.3, -0.25) is 9.59 Å². The average Bonchev–Trinajstić information content (AvgIpc) is 2.31. The standard InChI is InChI=1S/C13H15ClFNO3/c1-8(2)16(7-6-11(17)18)13(19)9-4-3-5-10(14)12(9)15/h3-5,8H,6-7H2,1-2H3,(H,17,18). The number of hydrogen-bond donors (Lipinski definition) is 1. The maximum atomic E-state index is 13.8. The Morgan fingerprint density at radius 2 is 2.05 bits per heavy atom. The van der Waals surface area contributed by atoms with E-state index in [1.807, 2.05) is 0 Å². The Kier molecular flexibility index (Phi) is 5.30. The van der Waals surface area contributed by atoms with Crippen LogP contribution in [0.2, 0.25) is 5.02 Å². The number of aliphatic carboxylic acids is 1. The second kappa shape index (κ2) is 6.52. The summed E-state index contributed by atoms with van der Waals surface area (Å²) in [5, 5.41) is 8.53. The maximum Gasteiger partial charge on any atom is 0.305 e. The molecule has 0 aliphatic carbocycles. The Hall–Kier alpha value is -1.62. The van der Waals surface area contributed by atoms with Gasteiger partial charge in [-0.25, -0.2) is 4.39 Å². The quantitative estimate of drug-likeness (QED) is 0.906. The summed E-state index contributed by atoms with van der Waals surface area (Å²) < 4.78 is 13.8. The van der Waals surface area contributed by atoms with Crippen LogP contribution in [0.25, 0.3) is 0 Å². The molecule has 0 bridgehead atoms. The van der Waals surface area contributed by atoms with Crippen LogP contribution in [0.5, 0.6) is 0 Å². The van der Waals surface area contributed by atoms with Crippen LogP contribution in [0, 0.1) is 5.82 Å². The number of carbonyl (C=O) groups is 2. The molecule has 0 spiro atoms. The first-order chi connectivity index (χ1) is 8.84. The summed E-state index contributed by atoms with van der Waals surface area (Å²) in [4.78, 5) is 24.1. The van der Waals surface area contributed by atoms with Crippen LogP contribution in [0.15, 0.2) is 18.2 Å². The van der Waals surface area contributed by atoms with E-state index in [1.165, 1.54) is 23.1 Å². The van der Waals surface area contributed by atoms with Gasteiger partial charge in [-0.2, -0.15) is 0 Å². The van der Waals surface area contributed by atoms with Gasteiger partial charge in [-0.05, 0) is 26.0 Å². The summed E-state index contributed by atoms with van der Waals surface area (Å²) >= 11 is 5.63. The highest BCUT2D eigenvalue weighted by atomic mass is 35.5. The van der Waals surface area contributed by atoms with Crippen LogP contribution in [-0.2, 0) is 4.79 Å². The van der Waals surface area contributed by atoms with Crippen molar-refractivity contribution in [3.63, 3.8) is 0 Å². The van der Waals surface area contributed by atoms with Crippen LogP contribution in [0.3, 0.4) is 0 Å². The molecule has 0 saturated carbocycles. The Morgan fingerprint density at radius 1 is 1.42 bits per heavy atom. The summed E-state index contributed by atoms with van der Waals surface area (Å²) in [5.41, 5.74) is -0.147. The first-order valence-corrected chi connectivity index (χ1v) is 6.19. The molecule has 0 fully saturated rings. The number of carbonyl (C=O) groups excluding carboxylic acids is 1. The number of nitrogens with zero attached hydrogens (tertiary/aromatic N) is 1. The number of carboxylic acid groups (broad SMARTS) is 1. The van der Waals surface area contributed by atoms with Gasteiger partial charge >= 0.3 is 5.97 Å². The second-order valence-corrected chi connectivity index (χ2v) is 4.74. The molecular formula is C13H15ClFNO3. The van der Waals surface area contributed by atoms with Gasteiger partial charge in [-0.15, -0.1) is 0 Å². The second-order valence-electron chi connectivity index (χ2n) is 4.34. The predicted octanol–water partition coefficient (Wildman–Crippen LogP) is 2.80. The van der Waals surface area contributed by atoms with Crippen molar-refractivity contribution in [1.82, 2.24) is 4.90 Å². The molecule has 1 rings (SSSR count). The van der Waals surface area contributed by atoms with E-state index in [0.29, 0.717) is 0 Å². The number of amides is 1. The summed E-state index contributed by atoms with van der Waals surface area (Å²) in [5.74, 6) is -2.35. The minimum atomic E-state index is -1.01. The molecule has 0 unspecified atom stereocenters. The van der Waals surface area contributed by atoms with Gasteiger partial charge in [0.25, 0.3) is 5.91 Å². The van der Waals surface area contributed by atoms with E-state index in [2.05, 4.69) is 0 Å². The van der Waals surface area contributed by atoms with E-state index >= 15 is 0 Å². The van der Waals surface area contributed by atoms with Crippen molar-refractivity contribution in [3.05, 3.63) is 34.6 Å². The van der Waals surface area contributed by atoms with E-state index in [-0.39, 0.29) is 29.6 Å². The summed E-state index contributed by atoms with van der Waals surface area (Å²) in [6, 6.07) is 3.93. The minimum absolute atomic E-state index is 0.0256. The lowest BCUT2D eigenvalue weighted by molar-refractivity contribution is -0.137. The van der Waals surface area contributed by atoms with Gasteiger partial charge in [0, 0.05) is 12.6 Å². The molecule has 19 heavy (non-hydrogen) atoms. The van der Waals surface area contributed by atoms with E-state index in [4.69, 9.17) is 16.7 Å². The third-order valence-electron chi connectivity index (χ3n) is 2.63. The van der Waals surface area contributed by atoms with E-state index < -0.39 is 17.7 Å². The Labute approximate surface area is 115 Å². The van der Waals surface area contributed by atoms with E-state index in [0.717, 1.165) is 0 Å². The summed E-state index contributed by atoms with van der Waals surface area (Å²) in [6.45, 7) is 3.50. The Bertz CT molecular complexity index is 491. The maximum absolute atomic E-state index is 13.8. The monoisotopic (exact) mass is 287 g/mol. The van der Waals surface area contributed by atoms with Gasteiger partial charge in [0.1, 0.15) is 0 Å². The van der Waals surface area contributed by atoms with Crippen molar-refractivity contribution in [2.45, 2.75) is 26.3 Å². The molecule has 104 valence electrons. The number of halogens is 2. The molecule has 6 heteroatoms. The van der Waals surface area contributed by atoms with Crippen molar-refractivity contribution >= 4 is 23.5 Å². The van der Waals surface area contributed by atoms with Gasteiger partial charge < -0.3 is 10.0 Å². The molecule has 0 heterocycles. The number of benzene rings is 1. The fourth-order valence-corrected chi connectivity index (χ4v) is 1.81. The fraction of sp³-hybridized carbons (Fsp3) is 0.385. The summed E-state index contributed by atoms with van der Waals surface area (Å²) in [6.07, 6.45) is -0.188. The molecule has 1 aromatic rings. The van der Waals surface area contributed by atoms with Crippen LogP contribution in [-0.4, -0.2) is 34.5 Å². The normalized spacial score (nSPS) is 10.6. The third-order valence-corrected chi connectivity index (χ3v) is 2.92. The highest BCUT2D eigenvalue weighted by molar-refractivity contribution is 6.31. The van der Waals surface area contributed by atoms with Crippen LogP contribution in [0.1, 0.15) is 30.6 Å². The number of rotatable bonds is 5. The topological polar surface area (TPSA) is 57.6 Å². The zero-order valence-corrected chi connectivity index (χ0v) is 11.4. The smallest absolute Gasteiger partial charge is 0.305 e. The molecule has 0 aromatic heterocycles. The van der Waals surface area contributed by atoms with Crippen LogP contribution >= 0.6 is 11.6 Å². The molecule has 1 N–H and O–H groups in total. The SMILES string of the molecule is CC(C)N(CCC(=O)O)C(=O)c1cccc(Cl)c1F. The number of carboxylic acids is 1. The zero-order chi connectivity index (χ0) is 14.6. The molecule has 0 atom stereocenters. The molecule has 0 saturated heterocycles. The first kappa shape index (κ1) is 15.4. The third kappa shape index (κ3) is 3.92. The van der Waals surface area contributed by atoms with Gasteiger partial charge in [0.15, 0.2) is 5.82 Å². The van der Waals surface area contributed by atoms with E-state index in [1.54, 1.807) is 13.8 Å². The average molecular weight is 288 g/mol. The molecule has 0 aliphatic heterocycles. The lowest BCUT2D eigenvalue weighted by Crippen LogP contribution is -2.38. The highest BCUT2D eigenvalue weighted by Crippen LogP contribution is 2.20. The molecule has 0 radical (unpaired) electrons. The highest BCUT2D eigenvalue weighted by Gasteiger charge is 2.23. The van der Waals surface area contributed by atoms with Crippen molar-refractivity contribution in [2.24, 2.45) is 0 Å². The van der Waals surface area contributed by atoms with E-state index in [9.17, 15) is 14.0 Å². The van der Waals surface area contributed by atoms with Crippen molar-refractivity contribution in [3.8, 4) is 0 Å². The van der Waals surface area contributed by atoms with Crippen molar-refractivity contribution < 1.29 is 19.1 Å². The van der Waals surface area contributed by atoms with Crippen LogP contribution < -0.4 is 0 Å². The van der Waals surface area contributed by atoms with Crippen molar-refractivity contribution in [1.29, 1.82) is 0 Å². The zero-order valence-electron chi connectivity index (χ0n) is 10.7. The largest absolute Gasteiger partial charge is 0.481 e.